The van der Waals surface area contributed by atoms with Gasteiger partial charge in [0.1, 0.15) is 0 Å². The van der Waals surface area contributed by atoms with Crippen molar-refractivity contribution in [3.63, 3.8) is 0 Å². The zero-order valence-corrected chi connectivity index (χ0v) is 15.2. The highest BCUT2D eigenvalue weighted by Gasteiger charge is 2.40. The molecule has 0 fully saturated rings. The minimum Gasteiger partial charge on any atom is -0.322 e. The van der Waals surface area contributed by atoms with Crippen LogP contribution in [0.3, 0.4) is 0 Å². The number of hydrogen-bond acceptors (Lipinski definition) is 2. The number of benzene rings is 2. The van der Waals surface area contributed by atoms with E-state index in [1.54, 1.807) is 19.1 Å². The average molecular weight is 394 g/mol. The lowest BCUT2D eigenvalue weighted by Crippen LogP contribution is -2.21. The number of halogens is 4. The van der Waals surface area contributed by atoms with Crippen molar-refractivity contribution in [2.45, 2.75) is 20.0 Å². The number of aromatic nitrogens is 2. The van der Waals surface area contributed by atoms with Gasteiger partial charge < -0.3 is 5.32 Å². The molecule has 3 rings (SSSR count). The summed E-state index contributed by atoms with van der Waals surface area (Å²) in [5, 5.41) is 6.68. The van der Waals surface area contributed by atoms with Gasteiger partial charge in [-0.25, -0.2) is 4.68 Å². The van der Waals surface area contributed by atoms with E-state index in [0.717, 1.165) is 17.3 Å². The molecule has 0 unspecified atom stereocenters. The lowest BCUT2D eigenvalue weighted by Gasteiger charge is -2.13. The van der Waals surface area contributed by atoms with E-state index in [0.29, 0.717) is 15.4 Å². The highest BCUT2D eigenvalue weighted by molar-refractivity contribution is 6.30. The normalized spacial score (nSPS) is 11.5. The van der Waals surface area contributed by atoms with Crippen LogP contribution in [0.25, 0.3) is 5.69 Å². The van der Waals surface area contributed by atoms with Gasteiger partial charge in [-0.3, -0.25) is 4.79 Å². The van der Waals surface area contributed by atoms with Gasteiger partial charge in [-0.15, -0.1) is 0 Å². The van der Waals surface area contributed by atoms with Gasteiger partial charge in [0.05, 0.1) is 17.4 Å². The summed E-state index contributed by atoms with van der Waals surface area (Å²) in [4.78, 5) is 12.5. The molecule has 0 saturated carbocycles. The molecule has 0 radical (unpaired) electrons. The molecule has 0 aliphatic carbocycles. The maximum atomic E-state index is 13.7. The van der Waals surface area contributed by atoms with Crippen LogP contribution in [0.1, 0.15) is 27.2 Å². The van der Waals surface area contributed by atoms with Crippen molar-refractivity contribution in [3.05, 3.63) is 76.1 Å². The molecular weight excluding hydrogens is 379 g/mol. The maximum absolute atomic E-state index is 13.7. The van der Waals surface area contributed by atoms with Crippen molar-refractivity contribution in [2.24, 2.45) is 0 Å². The highest BCUT2D eigenvalue weighted by atomic mass is 35.5. The molecule has 1 aromatic heterocycles. The molecule has 1 amide bonds. The van der Waals surface area contributed by atoms with E-state index in [1.807, 2.05) is 13.0 Å². The first-order chi connectivity index (χ1) is 12.7. The van der Waals surface area contributed by atoms with Crippen LogP contribution in [0.5, 0.6) is 0 Å². The molecule has 2 aromatic carbocycles. The second kappa shape index (κ2) is 7.08. The molecule has 3 aromatic rings. The summed E-state index contributed by atoms with van der Waals surface area (Å²) >= 11 is 5.78. The van der Waals surface area contributed by atoms with E-state index in [4.69, 9.17) is 11.6 Å². The van der Waals surface area contributed by atoms with Gasteiger partial charge in [0, 0.05) is 10.7 Å². The first-order valence-corrected chi connectivity index (χ1v) is 8.34. The average Bonchev–Trinajstić information content (AvgIpc) is 3.03. The summed E-state index contributed by atoms with van der Waals surface area (Å²) in [6, 6.07) is 11.0. The Hall–Kier alpha value is -2.80. The lowest BCUT2D eigenvalue weighted by molar-refractivity contribution is -0.143. The van der Waals surface area contributed by atoms with Crippen molar-refractivity contribution in [1.82, 2.24) is 9.78 Å². The number of anilines is 1. The van der Waals surface area contributed by atoms with E-state index >= 15 is 0 Å². The minimum atomic E-state index is -4.77. The Balaban J connectivity index is 2.02. The van der Waals surface area contributed by atoms with Crippen LogP contribution in [0, 0.1) is 13.8 Å². The van der Waals surface area contributed by atoms with Crippen LogP contribution in [0.15, 0.2) is 48.7 Å². The third kappa shape index (κ3) is 3.98. The summed E-state index contributed by atoms with van der Waals surface area (Å²) in [6.45, 7) is 3.65. The Morgan fingerprint density at radius 3 is 2.37 bits per heavy atom. The number of alkyl halides is 3. The van der Waals surface area contributed by atoms with Crippen LogP contribution < -0.4 is 5.32 Å². The summed E-state index contributed by atoms with van der Waals surface area (Å²) in [5.41, 5.74) is 0.624. The molecule has 0 aliphatic rings. The molecule has 4 nitrogen and oxygen atoms in total. The van der Waals surface area contributed by atoms with Crippen LogP contribution in [-0.2, 0) is 6.18 Å². The van der Waals surface area contributed by atoms with Gasteiger partial charge in [0.15, 0.2) is 5.69 Å². The molecule has 1 N–H and O–H groups in total. The van der Waals surface area contributed by atoms with Crippen LogP contribution in [0.4, 0.5) is 18.9 Å². The van der Waals surface area contributed by atoms with E-state index < -0.39 is 23.3 Å². The van der Waals surface area contributed by atoms with Crippen LogP contribution in [0.2, 0.25) is 5.02 Å². The fourth-order valence-electron chi connectivity index (χ4n) is 2.71. The van der Waals surface area contributed by atoms with Crippen molar-refractivity contribution in [3.8, 4) is 5.69 Å². The Kier molecular flexibility index (Phi) is 4.97. The predicted molar refractivity (Wildman–Crippen MR) is 97.4 cm³/mol. The monoisotopic (exact) mass is 393 g/mol. The number of nitrogens with one attached hydrogen (secondary N) is 1. The minimum absolute atomic E-state index is 0.150. The van der Waals surface area contributed by atoms with Crippen molar-refractivity contribution in [2.75, 3.05) is 5.32 Å². The quantitative estimate of drug-likeness (QED) is 0.646. The smallest absolute Gasteiger partial charge is 0.322 e. The van der Waals surface area contributed by atoms with E-state index in [9.17, 15) is 18.0 Å². The van der Waals surface area contributed by atoms with Crippen LogP contribution in [-0.4, -0.2) is 15.7 Å². The number of rotatable bonds is 3. The van der Waals surface area contributed by atoms with E-state index in [-0.39, 0.29) is 5.69 Å². The SMILES string of the molecule is Cc1ccc(NC(=O)c2cnn(-c3ccc(Cl)cc3)c2C(F)(F)F)c(C)c1. The fraction of sp³-hybridized carbons (Fsp3) is 0.158. The summed E-state index contributed by atoms with van der Waals surface area (Å²) in [5.74, 6) is -0.880. The zero-order chi connectivity index (χ0) is 19.8. The Morgan fingerprint density at radius 2 is 1.78 bits per heavy atom. The summed E-state index contributed by atoms with van der Waals surface area (Å²) < 4.78 is 41.7. The highest BCUT2D eigenvalue weighted by Crippen LogP contribution is 2.34. The first kappa shape index (κ1) is 19.0. The largest absolute Gasteiger partial charge is 0.434 e. The van der Waals surface area contributed by atoms with Crippen molar-refractivity contribution < 1.29 is 18.0 Å². The first-order valence-electron chi connectivity index (χ1n) is 7.96. The van der Waals surface area contributed by atoms with Crippen molar-refractivity contribution >= 4 is 23.2 Å². The maximum Gasteiger partial charge on any atom is 0.434 e. The molecule has 0 saturated heterocycles. The Labute approximate surface area is 158 Å². The molecule has 1 heterocycles. The van der Waals surface area contributed by atoms with Crippen LogP contribution >= 0.6 is 11.6 Å². The van der Waals surface area contributed by atoms with Gasteiger partial charge in [-0.2, -0.15) is 18.3 Å². The van der Waals surface area contributed by atoms with Gasteiger partial charge in [-0.1, -0.05) is 29.3 Å². The topological polar surface area (TPSA) is 46.9 Å². The third-order valence-electron chi connectivity index (χ3n) is 3.98. The van der Waals surface area contributed by atoms with Gasteiger partial charge >= 0.3 is 6.18 Å². The number of aryl methyl sites for hydroxylation is 2. The number of nitrogens with zero attached hydrogens (tertiary/aromatic N) is 2. The molecular formula is C19H15ClF3N3O. The van der Waals surface area contributed by atoms with Gasteiger partial charge in [-0.05, 0) is 49.7 Å². The Morgan fingerprint density at radius 1 is 1.11 bits per heavy atom. The van der Waals surface area contributed by atoms with Gasteiger partial charge in [0.25, 0.3) is 5.91 Å². The molecule has 0 atom stereocenters. The number of carbonyl (C=O) groups is 1. The third-order valence-corrected chi connectivity index (χ3v) is 4.24. The number of carbonyl (C=O) groups excluding carboxylic acids is 1. The molecule has 0 bridgehead atoms. The van der Waals surface area contributed by atoms with E-state index in [2.05, 4.69) is 10.4 Å². The Bertz CT molecular complexity index is 994. The lowest BCUT2D eigenvalue weighted by atomic mass is 10.1. The number of amides is 1. The number of hydrogen-bond donors (Lipinski definition) is 1. The van der Waals surface area contributed by atoms with Crippen molar-refractivity contribution in [1.29, 1.82) is 0 Å². The summed E-state index contributed by atoms with van der Waals surface area (Å²) in [7, 11) is 0. The summed E-state index contributed by atoms with van der Waals surface area (Å²) in [6.07, 6.45) is -3.86. The molecule has 140 valence electrons. The molecule has 0 aliphatic heterocycles. The fourth-order valence-corrected chi connectivity index (χ4v) is 2.83. The molecule has 8 heteroatoms. The second-order valence-electron chi connectivity index (χ2n) is 6.07. The molecule has 27 heavy (non-hydrogen) atoms. The second-order valence-corrected chi connectivity index (χ2v) is 6.50. The van der Waals surface area contributed by atoms with E-state index in [1.165, 1.54) is 24.3 Å². The molecule has 0 spiro atoms. The zero-order valence-electron chi connectivity index (χ0n) is 14.4. The predicted octanol–water partition coefficient (Wildman–Crippen LogP) is 5.41. The van der Waals surface area contributed by atoms with Gasteiger partial charge in [0.2, 0.25) is 0 Å². The standard InChI is InChI=1S/C19H15ClF3N3O/c1-11-3-8-16(12(2)9-11)25-18(27)15-10-24-26(17(15)19(21,22)23)14-6-4-13(20)5-7-14/h3-10H,1-2H3,(H,25,27).